The van der Waals surface area contributed by atoms with Crippen LogP contribution in [0, 0.1) is 5.41 Å². The number of aromatic amines is 1. The first-order valence-electron chi connectivity index (χ1n) is 5.01. The second-order valence-electron chi connectivity index (χ2n) is 4.42. The van der Waals surface area contributed by atoms with Crippen LogP contribution in [0.3, 0.4) is 0 Å². The van der Waals surface area contributed by atoms with E-state index in [1.807, 2.05) is 12.4 Å². The molecular weight excluding hydrogens is 172 g/mol. The quantitative estimate of drug-likeness (QED) is 0.759. The molecular formula is C12H16N2. The lowest BCUT2D eigenvalue weighted by Crippen LogP contribution is -2.19. The van der Waals surface area contributed by atoms with Crippen molar-refractivity contribution < 1.29 is 0 Å². The highest BCUT2D eigenvalue weighted by atomic mass is 14.9. The average molecular weight is 188 g/mol. The summed E-state index contributed by atoms with van der Waals surface area (Å²) in [6, 6.07) is 0. The number of H-pyrrole nitrogens is 1. The maximum Gasteiger partial charge on any atom is 0.106 e. The van der Waals surface area contributed by atoms with Gasteiger partial charge in [0, 0.05) is 18.8 Å². The van der Waals surface area contributed by atoms with E-state index in [0.717, 1.165) is 18.7 Å². The highest BCUT2D eigenvalue weighted by molar-refractivity contribution is 5.22. The standard InChI is InChI=1S/C12H16N2/c1-10-4-3-5-12(2,8-10)9-11-13-6-7-14-11/h3-7H,8-9H2,1-2H3,(H,13,14). The van der Waals surface area contributed by atoms with Crippen LogP contribution >= 0.6 is 0 Å². The molecule has 2 nitrogen and oxygen atoms in total. The van der Waals surface area contributed by atoms with Crippen LogP contribution in [0.1, 0.15) is 26.1 Å². The largest absolute Gasteiger partial charge is 0.349 e. The number of hydrogen-bond acceptors (Lipinski definition) is 1. The number of allylic oxidation sites excluding steroid dienone is 4. The number of nitrogens with zero attached hydrogens (tertiary/aromatic N) is 1. The third kappa shape index (κ3) is 1.95. The first-order valence-corrected chi connectivity index (χ1v) is 5.01. The van der Waals surface area contributed by atoms with Gasteiger partial charge < -0.3 is 4.98 Å². The summed E-state index contributed by atoms with van der Waals surface area (Å²) in [4.78, 5) is 7.43. The molecule has 1 aliphatic rings. The van der Waals surface area contributed by atoms with Crippen LogP contribution < -0.4 is 0 Å². The Morgan fingerprint density at radius 3 is 3.07 bits per heavy atom. The van der Waals surface area contributed by atoms with E-state index in [0.29, 0.717) is 0 Å². The fourth-order valence-electron chi connectivity index (χ4n) is 2.10. The third-order valence-electron chi connectivity index (χ3n) is 2.69. The Kier molecular flexibility index (Phi) is 2.28. The van der Waals surface area contributed by atoms with Gasteiger partial charge in [0.2, 0.25) is 0 Å². The molecule has 0 aliphatic heterocycles. The Morgan fingerprint density at radius 1 is 1.57 bits per heavy atom. The van der Waals surface area contributed by atoms with E-state index in [-0.39, 0.29) is 5.41 Å². The lowest BCUT2D eigenvalue weighted by molar-refractivity contribution is 0.407. The normalized spacial score (nSPS) is 26.3. The van der Waals surface area contributed by atoms with Gasteiger partial charge in [-0.1, -0.05) is 30.7 Å². The summed E-state index contributed by atoms with van der Waals surface area (Å²) in [5, 5.41) is 0. The summed E-state index contributed by atoms with van der Waals surface area (Å²) < 4.78 is 0. The number of rotatable bonds is 2. The number of nitrogens with one attached hydrogen (secondary N) is 1. The van der Waals surface area contributed by atoms with Crippen LogP contribution in [0.2, 0.25) is 0 Å². The SMILES string of the molecule is CC1=CC=CC(C)(Cc2ncc[nH]2)C1. The average Bonchev–Trinajstić information content (AvgIpc) is 2.55. The molecule has 0 amide bonds. The van der Waals surface area contributed by atoms with Crippen molar-refractivity contribution in [1.29, 1.82) is 0 Å². The number of imidazole rings is 1. The van der Waals surface area contributed by atoms with E-state index in [9.17, 15) is 0 Å². The van der Waals surface area contributed by atoms with Gasteiger partial charge in [-0.25, -0.2) is 4.98 Å². The molecule has 0 radical (unpaired) electrons. The Hall–Kier alpha value is -1.31. The predicted octanol–water partition coefficient (Wildman–Crippen LogP) is 2.86. The number of hydrogen-bond donors (Lipinski definition) is 1. The van der Waals surface area contributed by atoms with Crippen molar-refractivity contribution in [2.75, 3.05) is 0 Å². The molecule has 0 fully saturated rings. The van der Waals surface area contributed by atoms with Crippen LogP contribution in [0.4, 0.5) is 0 Å². The summed E-state index contributed by atoms with van der Waals surface area (Å²) >= 11 is 0. The van der Waals surface area contributed by atoms with E-state index in [1.54, 1.807) is 0 Å². The highest BCUT2D eigenvalue weighted by Gasteiger charge is 2.24. The molecule has 2 heteroatoms. The maximum atomic E-state index is 4.27. The molecule has 14 heavy (non-hydrogen) atoms. The monoisotopic (exact) mass is 188 g/mol. The first kappa shape index (κ1) is 9.25. The molecule has 1 aliphatic carbocycles. The van der Waals surface area contributed by atoms with Crippen LogP contribution in [-0.4, -0.2) is 9.97 Å². The molecule has 2 rings (SSSR count). The molecule has 0 saturated carbocycles. The van der Waals surface area contributed by atoms with Gasteiger partial charge in [0.05, 0.1) is 0 Å². The van der Waals surface area contributed by atoms with E-state index in [1.165, 1.54) is 5.57 Å². The zero-order valence-corrected chi connectivity index (χ0v) is 8.75. The Labute approximate surface area is 84.8 Å². The number of aromatic nitrogens is 2. The molecule has 1 atom stereocenters. The van der Waals surface area contributed by atoms with Crippen molar-refractivity contribution in [3.8, 4) is 0 Å². The summed E-state index contributed by atoms with van der Waals surface area (Å²) in [5.74, 6) is 1.08. The van der Waals surface area contributed by atoms with Crippen molar-refractivity contribution in [3.05, 3.63) is 42.0 Å². The Bertz CT molecular complexity index is 360. The van der Waals surface area contributed by atoms with Gasteiger partial charge in [0.25, 0.3) is 0 Å². The van der Waals surface area contributed by atoms with Gasteiger partial charge >= 0.3 is 0 Å². The van der Waals surface area contributed by atoms with Crippen LogP contribution in [-0.2, 0) is 6.42 Å². The Balaban J connectivity index is 2.11. The molecule has 0 saturated heterocycles. The second-order valence-corrected chi connectivity index (χ2v) is 4.42. The van der Waals surface area contributed by atoms with Gasteiger partial charge in [0.15, 0.2) is 0 Å². The molecule has 1 unspecified atom stereocenters. The minimum Gasteiger partial charge on any atom is -0.349 e. The molecule has 0 spiro atoms. The highest BCUT2D eigenvalue weighted by Crippen LogP contribution is 2.33. The summed E-state index contributed by atoms with van der Waals surface area (Å²) in [7, 11) is 0. The lowest BCUT2D eigenvalue weighted by atomic mass is 9.78. The van der Waals surface area contributed by atoms with Gasteiger partial charge in [-0.15, -0.1) is 0 Å². The first-order chi connectivity index (χ1) is 6.68. The van der Waals surface area contributed by atoms with Gasteiger partial charge in [-0.2, -0.15) is 0 Å². The van der Waals surface area contributed by atoms with Gasteiger partial charge in [-0.05, 0) is 18.8 Å². The summed E-state index contributed by atoms with van der Waals surface area (Å²) in [5.41, 5.74) is 1.68. The van der Waals surface area contributed by atoms with Crippen molar-refractivity contribution in [1.82, 2.24) is 9.97 Å². The Morgan fingerprint density at radius 2 is 2.43 bits per heavy atom. The van der Waals surface area contributed by atoms with Gasteiger partial charge in [-0.3, -0.25) is 0 Å². The third-order valence-corrected chi connectivity index (χ3v) is 2.69. The molecule has 1 aromatic heterocycles. The van der Waals surface area contributed by atoms with Crippen LogP contribution in [0.5, 0.6) is 0 Å². The summed E-state index contributed by atoms with van der Waals surface area (Å²) in [6.45, 7) is 4.46. The molecule has 1 aromatic rings. The minimum absolute atomic E-state index is 0.233. The molecule has 0 bridgehead atoms. The van der Waals surface area contributed by atoms with Crippen molar-refractivity contribution >= 4 is 0 Å². The molecule has 0 aromatic carbocycles. The van der Waals surface area contributed by atoms with E-state index < -0.39 is 0 Å². The van der Waals surface area contributed by atoms with Crippen molar-refractivity contribution in [2.45, 2.75) is 26.7 Å². The second kappa shape index (κ2) is 3.45. The van der Waals surface area contributed by atoms with E-state index in [2.05, 4.69) is 42.0 Å². The van der Waals surface area contributed by atoms with Crippen LogP contribution in [0.15, 0.2) is 36.2 Å². The molecule has 1 N–H and O–H groups in total. The zero-order chi connectivity index (χ0) is 10.0. The lowest BCUT2D eigenvalue weighted by Gasteiger charge is -2.27. The minimum atomic E-state index is 0.233. The maximum absolute atomic E-state index is 4.27. The fraction of sp³-hybridized carbons (Fsp3) is 0.417. The van der Waals surface area contributed by atoms with Crippen molar-refractivity contribution in [3.63, 3.8) is 0 Å². The fourth-order valence-corrected chi connectivity index (χ4v) is 2.10. The van der Waals surface area contributed by atoms with Crippen LogP contribution in [0.25, 0.3) is 0 Å². The van der Waals surface area contributed by atoms with Crippen molar-refractivity contribution in [2.24, 2.45) is 5.41 Å². The van der Waals surface area contributed by atoms with E-state index >= 15 is 0 Å². The van der Waals surface area contributed by atoms with E-state index in [4.69, 9.17) is 0 Å². The molecule has 74 valence electrons. The van der Waals surface area contributed by atoms with Gasteiger partial charge in [0.1, 0.15) is 5.82 Å². The molecule has 1 heterocycles. The predicted molar refractivity (Wildman–Crippen MR) is 57.9 cm³/mol. The zero-order valence-electron chi connectivity index (χ0n) is 8.75. The summed E-state index contributed by atoms with van der Waals surface area (Å²) in [6.07, 6.45) is 12.4. The topological polar surface area (TPSA) is 28.7 Å². The smallest absolute Gasteiger partial charge is 0.106 e.